The number of rotatable bonds is 10. The number of ketones is 1. The molecule has 7 aromatic carbocycles. The molecule has 7 rings (SSSR count). The van der Waals surface area contributed by atoms with E-state index in [4.69, 9.17) is 4.74 Å². The van der Waals surface area contributed by atoms with Gasteiger partial charge in [-0.25, -0.2) is 0 Å². The predicted molar refractivity (Wildman–Crippen MR) is 208 cm³/mol. The molecule has 48 heavy (non-hydrogen) atoms. The van der Waals surface area contributed by atoms with Gasteiger partial charge in [-0.05, 0) is 60.7 Å². The molecule has 0 aliphatic heterocycles. The fourth-order valence-electron chi connectivity index (χ4n) is 6.51. The Balaban J connectivity index is 1.34. The van der Waals surface area contributed by atoms with Crippen LogP contribution in [-0.2, 0) is 0 Å². The molecule has 0 radical (unpaired) electrons. The third kappa shape index (κ3) is 6.14. The normalized spacial score (nSPS) is 11.5. The van der Waals surface area contributed by atoms with Crippen LogP contribution in [0.2, 0.25) is 0 Å². The van der Waals surface area contributed by atoms with Crippen molar-refractivity contribution in [1.29, 1.82) is 0 Å². The van der Waals surface area contributed by atoms with Crippen molar-refractivity contribution in [1.82, 2.24) is 0 Å². The molecule has 0 fully saturated rings. The third-order valence-electron chi connectivity index (χ3n) is 8.82. The Labute approximate surface area is 284 Å². The molecule has 0 aliphatic rings. The smallest absolute Gasteiger partial charge is 0.201 e. The van der Waals surface area contributed by atoms with E-state index < -0.39 is 14.3 Å². The molecule has 0 heterocycles. The lowest BCUT2D eigenvalue weighted by Crippen LogP contribution is -2.35. The van der Waals surface area contributed by atoms with E-state index in [1.54, 1.807) is 0 Å². The van der Waals surface area contributed by atoms with Crippen molar-refractivity contribution in [3.63, 3.8) is 0 Å². The van der Waals surface area contributed by atoms with Crippen LogP contribution in [0.1, 0.15) is 10.4 Å². The molecule has 7 aromatic rings. The van der Waals surface area contributed by atoms with Crippen LogP contribution in [0.3, 0.4) is 0 Å². The van der Waals surface area contributed by atoms with Crippen LogP contribution in [-0.4, -0.2) is 11.9 Å². The van der Waals surface area contributed by atoms with E-state index in [0.717, 1.165) is 5.69 Å². The highest BCUT2D eigenvalue weighted by Crippen LogP contribution is 2.55. The zero-order chi connectivity index (χ0) is 32.7. The summed E-state index contributed by atoms with van der Waals surface area (Å²) >= 11 is 0. The number of carbonyl (C=O) groups excluding carboxylic acids is 1. The lowest BCUT2D eigenvalue weighted by molar-refractivity contribution is 0.102. The van der Waals surface area contributed by atoms with Gasteiger partial charge in [0.1, 0.15) is 29.3 Å². The predicted octanol–water partition coefficient (Wildman–Crippen LogP) is 8.67. The number of hydrogen-bond acceptors (Lipinski definition) is 2. The molecule has 232 valence electrons. The second kappa shape index (κ2) is 14.3. The molecule has 0 bridgehead atoms. The van der Waals surface area contributed by atoms with Crippen molar-refractivity contribution in [2.45, 2.75) is 0 Å². The average molecular weight is 657 g/mol. The van der Waals surface area contributed by atoms with E-state index in [1.807, 2.05) is 42.5 Å². The standard InChI is InChI=1S/C44H36NOP2/c46-44(35-47(38-19-7-1-8-20-38,39-21-9-2-10-22-39)40-23-11-3-12-24-40)36-31-33-37(34-32-36)45-48(41-25-13-4-14-26-41,42-27-15-5-16-28-42)43-29-17-6-18-30-43/h1-34H,35H2/q+1. The van der Waals surface area contributed by atoms with Crippen LogP contribution >= 0.6 is 14.3 Å². The minimum atomic E-state index is -2.42. The van der Waals surface area contributed by atoms with Crippen LogP contribution in [0, 0.1) is 0 Å². The van der Waals surface area contributed by atoms with Crippen molar-refractivity contribution in [3.05, 3.63) is 212 Å². The van der Waals surface area contributed by atoms with E-state index in [2.05, 4.69) is 164 Å². The molecule has 0 amide bonds. The van der Waals surface area contributed by atoms with Gasteiger partial charge in [-0.1, -0.05) is 146 Å². The van der Waals surface area contributed by atoms with Gasteiger partial charge in [0.05, 0.1) is 12.7 Å². The maximum absolute atomic E-state index is 14.4. The van der Waals surface area contributed by atoms with Crippen LogP contribution < -0.4 is 31.8 Å². The maximum Gasteiger partial charge on any atom is 0.201 e. The molecule has 0 atom stereocenters. The topological polar surface area (TPSA) is 29.4 Å². The van der Waals surface area contributed by atoms with Gasteiger partial charge in [0.15, 0.2) is 0 Å². The highest BCUT2D eigenvalue weighted by Gasteiger charge is 2.47. The molecule has 0 aliphatic carbocycles. The Bertz CT molecular complexity index is 1940. The minimum absolute atomic E-state index is 0.127. The van der Waals surface area contributed by atoms with Crippen LogP contribution in [0.25, 0.3) is 0 Å². The summed E-state index contributed by atoms with van der Waals surface area (Å²) in [6.45, 7) is 0. The lowest BCUT2D eigenvalue weighted by atomic mass is 10.1. The van der Waals surface area contributed by atoms with Crippen LogP contribution in [0.4, 0.5) is 5.69 Å². The Hall–Kier alpha value is -5.13. The van der Waals surface area contributed by atoms with Crippen molar-refractivity contribution in [3.8, 4) is 0 Å². The summed E-state index contributed by atoms with van der Waals surface area (Å²) in [6, 6.07) is 71.5. The zero-order valence-electron chi connectivity index (χ0n) is 26.6. The van der Waals surface area contributed by atoms with Crippen molar-refractivity contribution in [2.75, 3.05) is 6.16 Å². The molecular weight excluding hydrogens is 620 g/mol. The van der Waals surface area contributed by atoms with Crippen LogP contribution in [0.5, 0.6) is 0 Å². The lowest BCUT2D eigenvalue weighted by Gasteiger charge is -2.27. The number of nitrogens with zero attached hydrogens (tertiary/aromatic N) is 1. The summed E-state index contributed by atoms with van der Waals surface area (Å²) in [7, 11) is -4.73. The second-order valence-electron chi connectivity index (χ2n) is 11.7. The molecule has 0 saturated carbocycles. The highest BCUT2D eigenvalue weighted by molar-refractivity contribution is 7.96. The van der Waals surface area contributed by atoms with E-state index in [-0.39, 0.29) is 5.78 Å². The van der Waals surface area contributed by atoms with Crippen LogP contribution in [0.15, 0.2) is 211 Å². The highest BCUT2D eigenvalue weighted by atomic mass is 31.2. The number of carbonyl (C=O) groups is 1. The second-order valence-corrected chi connectivity index (χ2v) is 18.2. The summed E-state index contributed by atoms with van der Waals surface area (Å²) in [5.74, 6) is 0.127. The first-order chi connectivity index (χ1) is 23.7. The first-order valence-corrected chi connectivity index (χ1v) is 19.9. The van der Waals surface area contributed by atoms with Gasteiger partial charge in [-0.15, -0.1) is 0 Å². The largest absolute Gasteiger partial charge is 0.290 e. The van der Waals surface area contributed by atoms with Gasteiger partial charge >= 0.3 is 0 Å². The van der Waals surface area contributed by atoms with Crippen molar-refractivity contribution in [2.24, 2.45) is 4.74 Å². The first-order valence-electron chi connectivity index (χ1n) is 16.2. The fraction of sp³-hybridized carbons (Fsp3) is 0.0227. The van der Waals surface area contributed by atoms with E-state index >= 15 is 0 Å². The first kappa shape index (κ1) is 31.5. The van der Waals surface area contributed by atoms with E-state index in [9.17, 15) is 4.79 Å². The Morgan fingerprint density at radius 2 is 0.729 bits per heavy atom. The summed E-state index contributed by atoms with van der Waals surface area (Å²) in [6.07, 6.45) is 0.399. The quantitative estimate of drug-likeness (QED) is 0.107. The number of hydrogen-bond donors (Lipinski definition) is 0. The van der Waals surface area contributed by atoms with Gasteiger partial charge in [0.2, 0.25) is 5.78 Å². The Morgan fingerprint density at radius 1 is 0.417 bits per heavy atom. The number of Topliss-reactive ketones (excluding diaryl/α,β-unsaturated/α-hetero) is 1. The molecule has 4 heteroatoms. The maximum atomic E-state index is 14.4. The van der Waals surface area contributed by atoms with Crippen molar-refractivity contribution < 1.29 is 4.79 Å². The number of benzene rings is 7. The Kier molecular flexibility index (Phi) is 9.39. The SMILES string of the molecule is O=C(C[P+](c1ccccc1)(c1ccccc1)c1ccccc1)c1ccc(N=P(c2ccccc2)(c2ccccc2)c2ccccc2)cc1. The van der Waals surface area contributed by atoms with E-state index in [0.29, 0.717) is 11.7 Å². The molecule has 0 unspecified atom stereocenters. The van der Waals surface area contributed by atoms with Gasteiger partial charge in [0.25, 0.3) is 0 Å². The van der Waals surface area contributed by atoms with Crippen molar-refractivity contribution >= 4 is 57.6 Å². The zero-order valence-corrected chi connectivity index (χ0v) is 28.4. The van der Waals surface area contributed by atoms with Gasteiger partial charge in [-0.3, -0.25) is 9.54 Å². The fourth-order valence-corrected chi connectivity index (χ4v) is 14.1. The third-order valence-corrected chi connectivity index (χ3v) is 16.8. The monoisotopic (exact) mass is 656 g/mol. The molecule has 0 saturated heterocycles. The summed E-state index contributed by atoms with van der Waals surface area (Å²) in [5.41, 5.74) is 1.55. The van der Waals surface area contributed by atoms with Gasteiger partial charge < -0.3 is 0 Å². The minimum Gasteiger partial charge on any atom is -0.290 e. The molecule has 0 N–H and O–H groups in total. The van der Waals surface area contributed by atoms with Gasteiger partial charge in [0, 0.05) is 21.5 Å². The summed E-state index contributed by atoms with van der Waals surface area (Å²) in [4.78, 5) is 14.4. The molecule has 2 nitrogen and oxygen atoms in total. The van der Waals surface area contributed by atoms with E-state index in [1.165, 1.54) is 31.8 Å². The molecular formula is C44H36NOP2+. The molecule has 0 spiro atoms. The average Bonchev–Trinajstić information content (AvgIpc) is 3.18. The molecule has 0 aromatic heterocycles. The van der Waals surface area contributed by atoms with Gasteiger partial charge in [-0.2, -0.15) is 0 Å². The summed E-state index contributed by atoms with van der Waals surface area (Å²) < 4.78 is 5.63. The summed E-state index contributed by atoms with van der Waals surface area (Å²) in [5, 5.41) is 7.16. The Morgan fingerprint density at radius 3 is 1.06 bits per heavy atom.